The number of carbonyl (C=O) groups is 1. The Morgan fingerprint density at radius 1 is 1.25 bits per heavy atom. The molecule has 16 heavy (non-hydrogen) atoms. The summed E-state index contributed by atoms with van der Waals surface area (Å²) in [5, 5.41) is 0. The lowest BCUT2D eigenvalue weighted by Crippen LogP contribution is -2.00. The van der Waals surface area contributed by atoms with Gasteiger partial charge in [-0.25, -0.2) is 0 Å². The SMILES string of the molecule is CCc1cccc(C(=O)c2coc(C)c2)c1. The summed E-state index contributed by atoms with van der Waals surface area (Å²) in [6.45, 7) is 3.91. The van der Waals surface area contributed by atoms with Crippen molar-refractivity contribution in [1.29, 1.82) is 0 Å². The summed E-state index contributed by atoms with van der Waals surface area (Å²) in [6, 6.07) is 9.48. The van der Waals surface area contributed by atoms with Gasteiger partial charge in [0, 0.05) is 5.56 Å². The molecule has 1 heterocycles. The van der Waals surface area contributed by atoms with Gasteiger partial charge in [0.25, 0.3) is 0 Å². The molecule has 1 aromatic heterocycles. The van der Waals surface area contributed by atoms with Crippen LogP contribution >= 0.6 is 0 Å². The van der Waals surface area contributed by atoms with Crippen molar-refractivity contribution in [3.63, 3.8) is 0 Å². The largest absolute Gasteiger partial charge is 0.469 e. The topological polar surface area (TPSA) is 30.2 Å². The molecule has 0 fully saturated rings. The van der Waals surface area contributed by atoms with Crippen molar-refractivity contribution in [2.75, 3.05) is 0 Å². The number of hydrogen-bond donors (Lipinski definition) is 0. The quantitative estimate of drug-likeness (QED) is 0.733. The lowest BCUT2D eigenvalue weighted by Gasteiger charge is -2.00. The zero-order valence-electron chi connectivity index (χ0n) is 9.49. The third kappa shape index (κ3) is 2.06. The van der Waals surface area contributed by atoms with Crippen LogP contribution in [0, 0.1) is 6.92 Å². The van der Waals surface area contributed by atoms with Crippen LogP contribution in [0.2, 0.25) is 0 Å². The number of aryl methyl sites for hydroxylation is 2. The van der Waals surface area contributed by atoms with Gasteiger partial charge in [0.1, 0.15) is 12.0 Å². The summed E-state index contributed by atoms with van der Waals surface area (Å²) in [7, 11) is 0. The van der Waals surface area contributed by atoms with Crippen molar-refractivity contribution in [1.82, 2.24) is 0 Å². The molecule has 0 saturated heterocycles. The first-order valence-corrected chi connectivity index (χ1v) is 5.39. The summed E-state index contributed by atoms with van der Waals surface area (Å²) >= 11 is 0. The van der Waals surface area contributed by atoms with E-state index in [0.717, 1.165) is 17.7 Å². The van der Waals surface area contributed by atoms with E-state index in [-0.39, 0.29) is 5.78 Å². The lowest BCUT2D eigenvalue weighted by molar-refractivity contribution is 0.103. The highest BCUT2D eigenvalue weighted by molar-refractivity contribution is 6.08. The second kappa shape index (κ2) is 4.35. The molecule has 0 aliphatic carbocycles. The molecule has 2 nitrogen and oxygen atoms in total. The minimum Gasteiger partial charge on any atom is -0.469 e. The normalized spacial score (nSPS) is 10.4. The van der Waals surface area contributed by atoms with Crippen LogP contribution < -0.4 is 0 Å². The molecular weight excluding hydrogens is 200 g/mol. The molecule has 0 radical (unpaired) electrons. The monoisotopic (exact) mass is 214 g/mol. The van der Waals surface area contributed by atoms with Crippen LogP contribution in [0.3, 0.4) is 0 Å². The highest BCUT2D eigenvalue weighted by Gasteiger charge is 2.11. The molecule has 1 aromatic carbocycles. The van der Waals surface area contributed by atoms with Gasteiger partial charge in [0.2, 0.25) is 0 Å². The van der Waals surface area contributed by atoms with Crippen molar-refractivity contribution >= 4 is 5.78 Å². The average molecular weight is 214 g/mol. The van der Waals surface area contributed by atoms with Crippen molar-refractivity contribution in [3.05, 3.63) is 59.0 Å². The zero-order valence-corrected chi connectivity index (χ0v) is 9.49. The van der Waals surface area contributed by atoms with E-state index in [0.29, 0.717) is 5.56 Å². The summed E-state index contributed by atoms with van der Waals surface area (Å²) in [5.74, 6) is 0.780. The van der Waals surface area contributed by atoms with E-state index >= 15 is 0 Å². The fourth-order valence-electron chi connectivity index (χ4n) is 1.66. The van der Waals surface area contributed by atoms with Crippen molar-refractivity contribution in [3.8, 4) is 0 Å². The van der Waals surface area contributed by atoms with Crippen LogP contribution in [0.25, 0.3) is 0 Å². The number of rotatable bonds is 3. The molecule has 0 N–H and O–H groups in total. The Balaban J connectivity index is 2.33. The van der Waals surface area contributed by atoms with Crippen LogP contribution in [-0.4, -0.2) is 5.78 Å². The predicted molar refractivity (Wildman–Crippen MR) is 62.7 cm³/mol. The second-order valence-electron chi connectivity index (χ2n) is 3.83. The minimum atomic E-state index is 0.0205. The number of ketones is 1. The van der Waals surface area contributed by atoms with Gasteiger partial charge in [0.05, 0.1) is 5.56 Å². The fourth-order valence-corrected chi connectivity index (χ4v) is 1.66. The van der Waals surface area contributed by atoms with E-state index in [2.05, 4.69) is 6.92 Å². The molecule has 0 unspecified atom stereocenters. The summed E-state index contributed by atoms with van der Waals surface area (Å²) in [6.07, 6.45) is 2.45. The number of furan rings is 1. The van der Waals surface area contributed by atoms with Gasteiger partial charge in [-0.05, 0) is 31.0 Å². The molecule has 0 spiro atoms. The maximum atomic E-state index is 12.1. The smallest absolute Gasteiger partial charge is 0.196 e. The second-order valence-corrected chi connectivity index (χ2v) is 3.83. The molecule has 0 aliphatic rings. The van der Waals surface area contributed by atoms with Gasteiger partial charge >= 0.3 is 0 Å². The third-order valence-electron chi connectivity index (χ3n) is 2.59. The summed E-state index contributed by atoms with van der Waals surface area (Å²) in [4.78, 5) is 12.1. The van der Waals surface area contributed by atoms with E-state index in [9.17, 15) is 4.79 Å². The molecule has 0 aliphatic heterocycles. The Hall–Kier alpha value is -1.83. The first kappa shape index (κ1) is 10.7. The first-order chi connectivity index (χ1) is 7.70. The van der Waals surface area contributed by atoms with Crippen LogP contribution in [0.5, 0.6) is 0 Å². The highest BCUT2D eigenvalue weighted by Crippen LogP contribution is 2.14. The van der Waals surface area contributed by atoms with Gasteiger partial charge in [0.15, 0.2) is 5.78 Å². The summed E-state index contributed by atoms with van der Waals surface area (Å²) < 4.78 is 5.14. The fraction of sp³-hybridized carbons (Fsp3) is 0.214. The summed E-state index contributed by atoms with van der Waals surface area (Å²) in [5.41, 5.74) is 2.51. The molecule has 82 valence electrons. The van der Waals surface area contributed by atoms with Crippen LogP contribution in [0.1, 0.15) is 34.2 Å². The Labute approximate surface area is 94.9 Å². The number of benzene rings is 1. The van der Waals surface area contributed by atoms with Crippen molar-refractivity contribution < 1.29 is 9.21 Å². The van der Waals surface area contributed by atoms with E-state index < -0.39 is 0 Å². The average Bonchev–Trinajstić information content (AvgIpc) is 2.75. The van der Waals surface area contributed by atoms with E-state index in [1.54, 1.807) is 6.07 Å². The van der Waals surface area contributed by atoms with Gasteiger partial charge in [-0.3, -0.25) is 4.79 Å². The predicted octanol–water partition coefficient (Wildman–Crippen LogP) is 3.38. The zero-order chi connectivity index (χ0) is 11.5. The molecule has 2 heteroatoms. The van der Waals surface area contributed by atoms with Crippen LogP contribution in [0.4, 0.5) is 0 Å². The molecule has 0 amide bonds. The molecule has 0 atom stereocenters. The van der Waals surface area contributed by atoms with E-state index in [4.69, 9.17) is 4.42 Å². The van der Waals surface area contributed by atoms with Gasteiger partial charge in [-0.2, -0.15) is 0 Å². The minimum absolute atomic E-state index is 0.0205. The highest BCUT2D eigenvalue weighted by atomic mass is 16.3. The van der Waals surface area contributed by atoms with E-state index in [1.807, 2.05) is 31.2 Å². The number of carbonyl (C=O) groups excluding carboxylic acids is 1. The van der Waals surface area contributed by atoms with Gasteiger partial charge < -0.3 is 4.42 Å². The lowest BCUT2D eigenvalue weighted by atomic mass is 10.0. The molecule has 0 saturated carbocycles. The van der Waals surface area contributed by atoms with Crippen molar-refractivity contribution in [2.45, 2.75) is 20.3 Å². The Morgan fingerprint density at radius 3 is 2.69 bits per heavy atom. The Morgan fingerprint density at radius 2 is 2.06 bits per heavy atom. The van der Waals surface area contributed by atoms with E-state index in [1.165, 1.54) is 11.8 Å². The Kier molecular flexibility index (Phi) is 2.91. The number of hydrogen-bond acceptors (Lipinski definition) is 2. The standard InChI is InChI=1S/C14H14O2/c1-3-11-5-4-6-12(8-11)14(15)13-7-10(2)16-9-13/h4-9H,3H2,1-2H3. The van der Waals surface area contributed by atoms with Gasteiger partial charge in [-0.15, -0.1) is 0 Å². The molecule has 0 bridgehead atoms. The first-order valence-electron chi connectivity index (χ1n) is 5.39. The Bertz CT molecular complexity index is 509. The third-order valence-corrected chi connectivity index (χ3v) is 2.59. The molecule has 2 rings (SSSR count). The molecule has 2 aromatic rings. The maximum absolute atomic E-state index is 12.1. The van der Waals surface area contributed by atoms with Crippen LogP contribution in [0.15, 0.2) is 41.0 Å². The van der Waals surface area contributed by atoms with Gasteiger partial charge in [-0.1, -0.05) is 25.1 Å². The maximum Gasteiger partial charge on any atom is 0.196 e. The van der Waals surface area contributed by atoms with Crippen LogP contribution in [-0.2, 0) is 6.42 Å². The molecular formula is C14H14O2. The van der Waals surface area contributed by atoms with Crippen molar-refractivity contribution in [2.24, 2.45) is 0 Å².